The first kappa shape index (κ1) is 13.0. The van der Waals surface area contributed by atoms with Crippen LogP contribution in [0.1, 0.15) is 36.7 Å². The van der Waals surface area contributed by atoms with Crippen molar-refractivity contribution in [3.05, 3.63) is 35.3 Å². The van der Waals surface area contributed by atoms with Crippen molar-refractivity contribution in [3.63, 3.8) is 0 Å². The minimum Gasteiger partial charge on any atom is -0.370 e. The third-order valence-corrected chi connectivity index (χ3v) is 3.65. The van der Waals surface area contributed by atoms with Crippen molar-refractivity contribution in [2.75, 3.05) is 11.9 Å². The molecule has 2 aromatic rings. The molecule has 0 saturated carbocycles. The number of anilines is 1. The zero-order valence-electron chi connectivity index (χ0n) is 12.1. The fraction of sp³-hybridized carbons (Fsp3) is 0.438. The van der Waals surface area contributed by atoms with Crippen molar-refractivity contribution in [1.29, 1.82) is 0 Å². The Labute approximate surface area is 119 Å². The van der Waals surface area contributed by atoms with Crippen LogP contribution in [-0.4, -0.2) is 21.5 Å². The van der Waals surface area contributed by atoms with Gasteiger partial charge in [0.05, 0.1) is 0 Å². The van der Waals surface area contributed by atoms with Gasteiger partial charge in [0.25, 0.3) is 0 Å². The number of aromatic nitrogens is 3. The van der Waals surface area contributed by atoms with Crippen LogP contribution >= 0.6 is 0 Å². The number of rotatable bonds is 4. The molecule has 2 heterocycles. The van der Waals surface area contributed by atoms with E-state index in [4.69, 9.17) is 9.97 Å². The number of hydrogen-bond acceptors (Lipinski definition) is 4. The number of aryl methyl sites for hydroxylation is 2. The zero-order valence-corrected chi connectivity index (χ0v) is 12.1. The molecule has 1 aliphatic carbocycles. The van der Waals surface area contributed by atoms with Gasteiger partial charge in [-0.05, 0) is 44.7 Å². The van der Waals surface area contributed by atoms with Crippen LogP contribution in [0.15, 0.2) is 18.3 Å². The summed E-state index contributed by atoms with van der Waals surface area (Å²) in [6.07, 6.45) is 6.29. The molecule has 0 spiro atoms. The van der Waals surface area contributed by atoms with E-state index in [9.17, 15) is 0 Å². The Morgan fingerprint density at radius 2 is 2.10 bits per heavy atom. The molecular formula is C16H20N4. The minimum absolute atomic E-state index is 0.789. The average Bonchev–Trinajstić information content (AvgIpc) is 2.94. The van der Waals surface area contributed by atoms with Crippen molar-refractivity contribution in [2.24, 2.45) is 0 Å². The molecule has 104 valence electrons. The molecule has 0 amide bonds. The smallest absolute Gasteiger partial charge is 0.163 e. The van der Waals surface area contributed by atoms with Crippen LogP contribution in [0, 0.1) is 6.92 Å². The van der Waals surface area contributed by atoms with Crippen LogP contribution < -0.4 is 5.32 Å². The van der Waals surface area contributed by atoms with E-state index in [0.717, 1.165) is 48.7 Å². The fourth-order valence-corrected chi connectivity index (χ4v) is 2.55. The fourth-order valence-electron chi connectivity index (χ4n) is 2.55. The van der Waals surface area contributed by atoms with Crippen molar-refractivity contribution < 1.29 is 0 Å². The molecule has 0 aromatic carbocycles. The first-order chi connectivity index (χ1) is 9.78. The Morgan fingerprint density at radius 3 is 2.85 bits per heavy atom. The van der Waals surface area contributed by atoms with E-state index in [-0.39, 0.29) is 0 Å². The van der Waals surface area contributed by atoms with Gasteiger partial charge in [0.2, 0.25) is 0 Å². The summed E-state index contributed by atoms with van der Waals surface area (Å²) in [6, 6.07) is 4.05. The monoisotopic (exact) mass is 268 g/mol. The molecule has 0 atom stereocenters. The van der Waals surface area contributed by atoms with Gasteiger partial charge in [0.1, 0.15) is 5.82 Å². The topological polar surface area (TPSA) is 50.7 Å². The summed E-state index contributed by atoms with van der Waals surface area (Å²) in [4.78, 5) is 13.8. The van der Waals surface area contributed by atoms with Crippen molar-refractivity contribution >= 4 is 5.82 Å². The number of nitrogens with one attached hydrogen (secondary N) is 1. The first-order valence-corrected chi connectivity index (χ1v) is 7.34. The summed E-state index contributed by atoms with van der Waals surface area (Å²) in [6.45, 7) is 5.11. The molecule has 0 fully saturated rings. The van der Waals surface area contributed by atoms with Gasteiger partial charge in [0, 0.05) is 35.3 Å². The summed E-state index contributed by atoms with van der Waals surface area (Å²) in [5, 5.41) is 3.44. The summed E-state index contributed by atoms with van der Waals surface area (Å²) in [7, 11) is 0. The predicted molar refractivity (Wildman–Crippen MR) is 80.8 cm³/mol. The van der Waals surface area contributed by atoms with Gasteiger partial charge in [-0.3, -0.25) is 4.98 Å². The zero-order chi connectivity index (χ0) is 13.9. The normalized spacial score (nSPS) is 13.3. The quantitative estimate of drug-likeness (QED) is 0.925. The van der Waals surface area contributed by atoms with E-state index in [1.165, 1.54) is 17.7 Å². The largest absolute Gasteiger partial charge is 0.370 e. The summed E-state index contributed by atoms with van der Waals surface area (Å²) in [5.41, 5.74) is 4.51. The van der Waals surface area contributed by atoms with Crippen molar-refractivity contribution in [2.45, 2.75) is 39.5 Å². The van der Waals surface area contributed by atoms with Gasteiger partial charge in [-0.15, -0.1) is 0 Å². The van der Waals surface area contributed by atoms with Gasteiger partial charge in [0.15, 0.2) is 5.82 Å². The van der Waals surface area contributed by atoms with Crippen molar-refractivity contribution in [1.82, 2.24) is 15.0 Å². The Balaban J connectivity index is 2.01. The van der Waals surface area contributed by atoms with Crippen LogP contribution in [-0.2, 0) is 12.8 Å². The second-order valence-corrected chi connectivity index (χ2v) is 5.29. The molecule has 2 aromatic heterocycles. The van der Waals surface area contributed by atoms with Gasteiger partial charge >= 0.3 is 0 Å². The first-order valence-electron chi connectivity index (χ1n) is 7.34. The van der Waals surface area contributed by atoms with Crippen LogP contribution in [0.4, 0.5) is 5.82 Å². The lowest BCUT2D eigenvalue weighted by atomic mass is 10.2. The lowest BCUT2D eigenvalue weighted by molar-refractivity contribution is 0.899. The van der Waals surface area contributed by atoms with E-state index in [1.807, 2.05) is 25.3 Å². The maximum atomic E-state index is 4.73. The number of hydrogen-bond donors (Lipinski definition) is 1. The highest BCUT2D eigenvalue weighted by Gasteiger charge is 2.19. The molecule has 1 N–H and O–H groups in total. The molecular weight excluding hydrogens is 248 g/mol. The number of fused-ring (bicyclic) bond motifs is 1. The summed E-state index contributed by atoms with van der Waals surface area (Å²) >= 11 is 0. The minimum atomic E-state index is 0.789. The average molecular weight is 268 g/mol. The molecule has 0 radical (unpaired) electrons. The van der Waals surface area contributed by atoms with Gasteiger partial charge in [-0.2, -0.15) is 0 Å². The van der Waals surface area contributed by atoms with Crippen LogP contribution in [0.25, 0.3) is 11.4 Å². The second kappa shape index (κ2) is 5.57. The lowest BCUT2D eigenvalue weighted by Crippen LogP contribution is -2.08. The highest BCUT2D eigenvalue weighted by atomic mass is 15.0. The number of pyridine rings is 1. The van der Waals surface area contributed by atoms with E-state index < -0.39 is 0 Å². The Morgan fingerprint density at radius 1 is 1.20 bits per heavy atom. The Bertz CT molecular complexity index is 605. The van der Waals surface area contributed by atoms with E-state index in [0.29, 0.717) is 0 Å². The van der Waals surface area contributed by atoms with Crippen molar-refractivity contribution in [3.8, 4) is 11.4 Å². The third kappa shape index (κ3) is 2.50. The van der Waals surface area contributed by atoms with E-state index >= 15 is 0 Å². The lowest BCUT2D eigenvalue weighted by Gasteiger charge is -2.11. The SMILES string of the molecule is CCCNc1nc(-c2ccc(C)nc2)nc2c1CCC2. The molecule has 0 unspecified atom stereocenters. The molecule has 1 aliphatic rings. The van der Waals surface area contributed by atoms with Gasteiger partial charge in [-0.25, -0.2) is 9.97 Å². The summed E-state index contributed by atoms with van der Waals surface area (Å²) < 4.78 is 0. The third-order valence-electron chi connectivity index (χ3n) is 3.65. The maximum Gasteiger partial charge on any atom is 0.163 e. The maximum absolute atomic E-state index is 4.73. The van der Waals surface area contributed by atoms with E-state index in [1.54, 1.807) is 0 Å². The molecule has 3 rings (SSSR count). The molecule has 0 aliphatic heterocycles. The molecule has 0 saturated heterocycles. The van der Waals surface area contributed by atoms with E-state index in [2.05, 4.69) is 17.2 Å². The highest BCUT2D eigenvalue weighted by molar-refractivity contribution is 5.60. The second-order valence-electron chi connectivity index (χ2n) is 5.29. The Kier molecular flexibility index (Phi) is 3.63. The summed E-state index contributed by atoms with van der Waals surface area (Å²) in [5.74, 6) is 1.81. The highest BCUT2D eigenvalue weighted by Crippen LogP contribution is 2.29. The van der Waals surface area contributed by atoms with Gasteiger partial charge < -0.3 is 5.32 Å². The predicted octanol–water partition coefficient (Wildman–Crippen LogP) is 3.16. The van der Waals surface area contributed by atoms with Crippen LogP contribution in [0.2, 0.25) is 0 Å². The molecule has 0 bridgehead atoms. The molecule has 4 nitrogen and oxygen atoms in total. The number of nitrogens with zero attached hydrogens (tertiary/aromatic N) is 3. The standard InChI is InChI=1S/C16H20N4/c1-3-9-17-16-13-5-4-6-14(13)19-15(20-16)12-8-7-11(2)18-10-12/h7-8,10H,3-6,9H2,1-2H3,(H,17,19,20). The molecule has 4 heteroatoms. The van der Waals surface area contributed by atoms with Gasteiger partial charge in [-0.1, -0.05) is 6.92 Å². The Hall–Kier alpha value is -1.97. The van der Waals surface area contributed by atoms with Crippen LogP contribution in [0.5, 0.6) is 0 Å². The molecule has 20 heavy (non-hydrogen) atoms. The van der Waals surface area contributed by atoms with Crippen LogP contribution in [0.3, 0.4) is 0 Å².